The van der Waals surface area contributed by atoms with Crippen LogP contribution in [0.1, 0.15) is 39.7 Å². The van der Waals surface area contributed by atoms with Crippen LogP contribution in [0.4, 0.5) is 5.00 Å². The second-order valence-corrected chi connectivity index (χ2v) is 8.52. The number of benzene rings is 1. The fourth-order valence-electron chi connectivity index (χ4n) is 2.90. The number of nitriles is 1. The van der Waals surface area contributed by atoms with Gasteiger partial charge in [-0.2, -0.15) is 5.26 Å². The molecule has 25 heavy (non-hydrogen) atoms. The summed E-state index contributed by atoms with van der Waals surface area (Å²) in [5.74, 6) is 0.348. The molecule has 2 aromatic rings. The third kappa shape index (κ3) is 4.09. The Kier molecular flexibility index (Phi) is 5.52. The van der Waals surface area contributed by atoms with Crippen molar-refractivity contribution in [2.75, 3.05) is 5.32 Å². The van der Waals surface area contributed by atoms with Crippen LogP contribution in [0.2, 0.25) is 0 Å². The highest BCUT2D eigenvalue weighted by Gasteiger charge is 2.24. The SMILES string of the molecule is C[C@H]1CCc2c(sc(NC(=S)NC(=O)c3cccc(Br)c3)c2C#N)C1. The van der Waals surface area contributed by atoms with Crippen molar-refractivity contribution in [1.82, 2.24) is 5.32 Å². The van der Waals surface area contributed by atoms with Crippen molar-refractivity contribution in [1.29, 1.82) is 5.26 Å². The summed E-state index contributed by atoms with van der Waals surface area (Å²) < 4.78 is 0.825. The summed E-state index contributed by atoms with van der Waals surface area (Å²) in [6.07, 6.45) is 3.02. The maximum atomic E-state index is 12.3. The number of thiophene rings is 1. The van der Waals surface area contributed by atoms with Gasteiger partial charge in [-0.05, 0) is 61.2 Å². The first kappa shape index (κ1) is 18.1. The molecule has 0 radical (unpaired) electrons. The Hall–Kier alpha value is -1.75. The van der Waals surface area contributed by atoms with Gasteiger partial charge in [0, 0.05) is 14.9 Å². The fourth-order valence-corrected chi connectivity index (χ4v) is 4.92. The van der Waals surface area contributed by atoms with Crippen molar-refractivity contribution in [3.8, 4) is 6.07 Å². The number of nitrogens with zero attached hydrogens (tertiary/aromatic N) is 1. The van der Waals surface area contributed by atoms with Crippen molar-refractivity contribution in [3.63, 3.8) is 0 Å². The Bertz CT molecular complexity index is 885. The summed E-state index contributed by atoms with van der Waals surface area (Å²) >= 11 is 10.2. The van der Waals surface area contributed by atoms with Crippen molar-refractivity contribution in [3.05, 3.63) is 50.3 Å². The summed E-state index contributed by atoms with van der Waals surface area (Å²) in [6.45, 7) is 2.23. The molecule has 1 amide bonds. The Balaban J connectivity index is 1.73. The molecule has 1 aromatic carbocycles. The van der Waals surface area contributed by atoms with Gasteiger partial charge in [0.1, 0.15) is 11.1 Å². The van der Waals surface area contributed by atoms with Crippen molar-refractivity contribution >= 4 is 55.5 Å². The van der Waals surface area contributed by atoms with Crippen molar-refractivity contribution in [2.45, 2.75) is 26.2 Å². The number of hydrogen-bond donors (Lipinski definition) is 2. The lowest BCUT2D eigenvalue weighted by Crippen LogP contribution is -2.34. The summed E-state index contributed by atoms with van der Waals surface area (Å²) in [5, 5.41) is 16.1. The maximum absolute atomic E-state index is 12.3. The Labute approximate surface area is 164 Å². The van der Waals surface area contributed by atoms with Gasteiger partial charge in [0.15, 0.2) is 5.11 Å². The number of fused-ring (bicyclic) bond motifs is 1. The lowest BCUT2D eigenvalue weighted by molar-refractivity contribution is 0.0977. The Morgan fingerprint density at radius 1 is 1.48 bits per heavy atom. The van der Waals surface area contributed by atoms with E-state index in [-0.39, 0.29) is 11.0 Å². The van der Waals surface area contributed by atoms with Gasteiger partial charge in [-0.1, -0.05) is 28.9 Å². The zero-order chi connectivity index (χ0) is 18.0. The van der Waals surface area contributed by atoms with Gasteiger partial charge in [0.2, 0.25) is 0 Å². The number of amides is 1. The van der Waals surface area contributed by atoms with E-state index in [1.165, 1.54) is 4.88 Å². The zero-order valence-electron chi connectivity index (χ0n) is 13.6. The molecule has 3 rings (SSSR count). The van der Waals surface area contributed by atoms with Gasteiger partial charge in [-0.15, -0.1) is 11.3 Å². The Morgan fingerprint density at radius 3 is 3.00 bits per heavy atom. The second-order valence-electron chi connectivity index (χ2n) is 6.09. The molecule has 0 fully saturated rings. The summed E-state index contributed by atoms with van der Waals surface area (Å²) in [6, 6.07) is 9.37. The van der Waals surface area contributed by atoms with Crippen LogP contribution < -0.4 is 10.6 Å². The molecule has 7 heteroatoms. The van der Waals surface area contributed by atoms with E-state index in [2.05, 4.69) is 39.6 Å². The molecule has 1 aliphatic carbocycles. The fraction of sp³-hybridized carbons (Fsp3) is 0.278. The van der Waals surface area contributed by atoms with Crippen LogP contribution in [0.15, 0.2) is 28.7 Å². The molecule has 0 bridgehead atoms. The molecule has 128 valence electrons. The number of rotatable bonds is 2. The lowest BCUT2D eigenvalue weighted by Gasteiger charge is -2.17. The number of carbonyl (C=O) groups excluding carboxylic acids is 1. The summed E-state index contributed by atoms with van der Waals surface area (Å²) in [4.78, 5) is 13.5. The number of anilines is 1. The standard InChI is InChI=1S/C18H16BrN3OS2/c1-10-5-6-13-14(9-20)17(25-15(13)7-10)22-18(24)21-16(23)11-3-2-4-12(19)8-11/h2-4,8,10H,5-7H2,1H3,(H2,21,22,23,24)/t10-/m0/s1. The average Bonchev–Trinajstić information content (AvgIpc) is 2.90. The minimum atomic E-state index is -0.285. The number of nitrogens with one attached hydrogen (secondary N) is 2. The van der Waals surface area contributed by atoms with Crippen molar-refractivity contribution < 1.29 is 4.79 Å². The molecule has 2 N–H and O–H groups in total. The van der Waals surface area contributed by atoms with Crippen molar-refractivity contribution in [2.24, 2.45) is 5.92 Å². The molecule has 0 aliphatic heterocycles. The molecule has 1 heterocycles. The van der Waals surface area contributed by atoms with Crippen LogP contribution >= 0.6 is 39.5 Å². The molecule has 0 spiro atoms. The maximum Gasteiger partial charge on any atom is 0.257 e. The van der Waals surface area contributed by atoms with E-state index < -0.39 is 0 Å². The largest absolute Gasteiger partial charge is 0.323 e. The first-order chi connectivity index (χ1) is 12.0. The lowest BCUT2D eigenvalue weighted by atomic mass is 9.89. The normalized spacial score (nSPS) is 15.8. The summed E-state index contributed by atoms with van der Waals surface area (Å²) in [5.41, 5.74) is 2.30. The zero-order valence-corrected chi connectivity index (χ0v) is 16.8. The number of hydrogen-bond acceptors (Lipinski definition) is 4. The second kappa shape index (κ2) is 7.65. The van der Waals surface area contributed by atoms with E-state index in [1.54, 1.807) is 29.5 Å². The van der Waals surface area contributed by atoms with E-state index in [4.69, 9.17) is 12.2 Å². The highest BCUT2D eigenvalue weighted by Crippen LogP contribution is 2.39. The third-order valence-electron chi connectivity index (χ3n) is 4.16. The first-order valence-electron chi connectivity index (χ1n) is 7.90. The predicted octanol–water partition coefficient (Wildman–Crippen LogP) is 4.63. The number of carbonyl (C=O) groups is 1. The van der Waals surface area contributed by atoms with E-state index in [1.807, 2.05) is 6.07 Å². The van der Waals surface area contributed by atoms with Crippen LogP contribution in [-0.2, 0) is 12.8 Å². The van der Waals surface area contributed by atoms with Gasteiger partial charge in [0.25, 0.3) is 5.91 Å². The highest BCUT2D eigenvalue weighted by molar-refractivity contribution is 9.10. The average molecular weight is 434 g/mol. The van der Waals surface area contributed by atoms with E-state index >= 15 is 0 Å². The molecular weight excluding hydrogens is 418 g/mol. The van der Waals surface area contributed by atoms with E-state index in [9.17, 15) is 10.1 Å². The Morgan fingerprint density at radius 2 is 2.28 bits per heavy atom. The molecule has 4 nitrogen and oxygen atoms in total. The van der Waals surface area contributed by atoms with Gasteiger partial charge in [0.05, 0.1) is 5.56 Å². The minimum absolute atomic E-state index is 0.202. The van der Waals surface area contributed by atoms with Gasteiger partial charge < -0.3 is 5.32 Å². The van der Waals surface area contributed by atoms with Gasteiger partial charge >= 0.3 is 0 Å². The number of halogens is 1. The third-order valence-corrected chi connectivity index (χ3v) is 6.03. The van der Waals surface area contributed by atoms with Crippen LogP contribution in [0.25, 0.3) is 0 Å². The van der Waals surface area contributed by atoms with Crippen LogP contribution in [0, 0.1) is 17.2 Å². The van der Waals surface area contributed by atoms with E-state index in [0.717, 1.165) is 34.3 Å². The summed E-state index contributed by atoms with van der Waals surface area (Å²) in [7, 11) is 0. The molecule has 1 aliphatic rings. The van der Waals surface area contributed by atoms with Gasteiger partial charge in [-0.25, -0.2) is 0 Å². The smallest absolute Gasteiger partial charge is 0.257 e. The minimum Gasteiger partial charge on any atom is -0.323 e. The van der Waals surface area contributed by atoms with Gasteiger partial charge in [-0.3, -0.25) is 10.1 Å². The first-order valence-corrected chi connectivity index (χ1v) is 9.92. The molecule has 0 saturated carbocycles. The molecule has 1 aromatic heterocycles. The highest BCUT2D eigenvalue weighted by atomic mass is 79.9. The molecule has 1 atom stereocenters. The van der Waals surface area contributed by atoms with Crippen LogP contribution in [-0.4, -0.2) is 11.0 Å². The predicted molar refractivity (Wildman–Crippen MR) is 108 cm³/mol. The van der Waals surface area contributed by atoms with Crippen LogP contribution in [0.3, 0.4) is 0 Å². The molecule has 0 unspecified atom stereocenters. The topological polar surface area (TPSA) is 64.9 Å². The molecular formula is C18H16BrN3OS2. The monoisotopic (exact) mass is 433 g/mol. The number of thiocarbonyl (C=S) groups is 1. The van der Waals surface area contributed by atoms with E-state index in [0.29, 0.717) is 17.0 Å². The quantitative estimate of drug-likeness (QED) is 0.677. The van der Waals surface area contributed by atoms with Crippen LogP contribution in [0.5, 0.6) is 0 Å². The molecule has 0 saturated heterocycles.